The Bertz CT molecular complexity index is 996. The van der Waals surface area contributed by atoms with Gasteiger partial charge in [0, 0.05) is 41.1 Å². The zero-order valence-electron chi connectivity index (χ0n) is 13.9. The van der Waals surface area contributed by atoms with E-state index in [4.69, 9.17) is 0 Å². The lowest BCUT2D eigenvalue weighted by atomic mass is 10.3. The third-order valence-corrected chi connectivity index (χ3v) is 4.92. The van der Waals surface area contributed by atoms with Crippen LogP contribution in [0.3, 0.4) is 0 Å². The van der Waals surface area contributed by atoms with Crippen LogP contribution in [-0.2, 0) is 5.75 Å². The molecule has 0 aliphatic heterocycles. The van der Waals surface area contributed by atoms with Gasteiger partial charge in [0.15, 0.2) is 0 Å². The van der Waals surface area contributed by atoms with E-state index in [1.165, 1.54) is 5.56 Å². The predicted molar refractivity (Wildman–Crippen MR) is 103 cm³/mol. The van der Waals surface area contributed by atoms with Gasteiger partial charge in [-0.05, 0) is 48.0 Å². The quantitative estimate of drug-likeness (QED) is 0.540. The first-order valence-electron chi connectivity index (χ1n) is 8.15. The molecule has 0 bridgehead atoms. The molecule has 6 heteroatoms. The third-order valence-electron chi connectivity index (χ3n) is 3.84. The highest BCUT2D eigenvalue weighted by atomic mass is 32.2. The van der Waals surface area contributed by atoms with Gasteiger partial charge in [0.1, 0.15) is 11.3 Å². The Morgan fingerprint density at radius 1 is 1.08 bits per heavy atom. The molecule has 3 aromatic heterocycles. The summed E-state index contributed by atoms with van der Waals surface area (Å²) < 4.78 is 1.83. The van der Waals surface area contributed by atoms with E-state index >= 15 is 0 Å². The van der Waals surface area contributed by atoms with Gasteiger partial charge in [0.05, 0.1) is 0 Å². The number of nitrogens with one attached hydrogen (secondary N) is 1. The average molecular weight is 360 g/mol. The predicted octanol–water partition coefficient (Wildman–Crippen LogP) is 4.27. The molecule has 0 unspecified atom stereocenters. The van der Waals surface area contributed by atoms with Gasteiger partial charge in [0.2, 0.25) is 0 Å². The lowest BCUT2D eigenvalue weighted by Gasteiger charge is -2.05. The molecule has 4 rings (SSSR count). The number of anilines is 1. The summed E-state index contributed by atoms with van der Waals surface area (Å²) in [4.78, 5) is 22.0. The number of hydrogen-bond acceptors (Lipinski definition) is 4. The van der Waals surface area contributed by atoms with Gasteiger partial charge >= 0.3 is 0 Å². The largest absolute Gasteiger partial charge is 0.321 e. The molecule has 0 aliphatic rings. The monoisotopic (exact) mass is 360 g/mol. The Balaban J connectivity index is 1.39. The molecular weight excluding hydrogens is 344 g/mol. The third kappa shape index (κ3) is 3.75. The van der Waals surface area contributed by atoms with Crippen LogP contribution in [0.15, 0.2) is 84.3 Å². The summed E-state index contributed by atoms with van der Waals surface area (Å²) in [5, 5.41) is 2.89. The van der Waals surface area contributed by atoms with E-state index in [0.29, 0.717) is 5.69 Å². The smallest absolute Gasteiger partial charge is 0.275 e. The molecule has 4 aromatic rings. The molecule has 5 nitrogen and oxygen atoms in total. The number of pyridine rings is 2. The second-order valence-corrected chi connectivity index (χ2v) is 6.77. The van der Waals surface area contributed by atoms with Crippen LogP contribution in [0.5, 0.6) is 0 Å². The number of imidazole rings is 1. The highest BCUT2D eigenvalue weighted by Gasteiger charge is 2.10. The molecule has 0 radical (unpaired) electrons. The molecule has 0 saturated carbocycles. The van der Waals surface area contributed by atoms with Crippen molar-refractivity contribution in [2.45, 2.75) is 10.6 Å². The van der Waals surface area contributed by atoms with Crippen LogP contribution in [0.1, 0.15) is 16.1 Å². The molecule has 1 amide bonds. The summed E-state index contributed by atoms with van der Waals surface area (Å²) in [6, 6.07) is 17.5. The number of benzene rings is 1. The average Bonchev–Trinajstić information content (AvgIpc) is 3.13. The van der Waals surface area contributed by atoms with Crippen molar-refractivity contribution in [3.05, 3.63) is 90.6 Å². The summed E-state index contributed by atoms with van der Waals surface area (Å²) in [6.07, 6.45) is 7.24. The Morgan fingerprint density at radius 2 is 1.96 bits per heavy atom. The van der Waals surface area contributed by atoms with Crippen LogP contribution < -0.4 is 5.32 Å². The maximum absolute atomic E-state index is 12.4. The minimum absolute atomic E-state index is 0.218. The number of rotatable bonds is 5. The maximum atomic E-state index is 12.4. The fourth-order valence-electron chi connectivity index (χ4n) is 2.52. The van der Waals surface area contributed by atoms with E-state index in [1.807, 2.05) is 65.3 Å². The number of fused-ring (bicyclic) bond motifs is 1. The van der Waals surface area contributed by atoms with E-state index in [-0.39, 0.29) is 5.91 Å². The van der Waals surface area contributed by atoms with Crippen molar-refractivity contribution in [3.63, 3.8) is 0 Å². The number of aromatic nitrogens is 3. The summed E-state index contributed by atoms with van der Waals surface area (Å²) in [5.41, 5.74) is 3.07. The normalized spacial score (nSPS) is 10.8. The van der Waals surface area contributed by atoms with Gasteiger partial charge in [-0.15, -0.1) is 11.8 Å². The fourth-order valence-corrected chi connectivity index (χ4v) is 3.36. The van der Waals surface area contributed by atoms with Crippen molar-refractivity contribution in [3.8, 4) is 0 Å². The van der Waals surface area contributed by atoms with Crippen LogP contribution >= 0.6 is 11.8 Å². The topological polar surface area (TPSA) is 59.3 Å². The Morgan fingerprint density at radius 3 is 2.73 bits per heavy atom. The fraction of sp³-hybridized carbons (Fsp3) is 0.0500. The van der Waals surface area contributed by atoms with Gasteiger partial charge in [-0.3, -0.25) is 9.78 Å². The molecule has 1 aromatic carbocycles. The molecule has 0 aliphatic carbocycles. The Kier molecular flexibility index (Phi) is 4.66. The summed E-state index contributed by atoms with van der Waals surface area (Å²) >= 11 is 1.73. The second kappa shape index (κ2) is 7.41. The van der Waals surface area contributed by atoms with E-state index in [2.05, 4.69) is 21.4 Å². The van der Waals surface area contributed by atoms with Crippen LogP contribution in [0.25, 0.3) is 5.65 Å². The van der Waals surface area contributed by atoms with Crippen LogP contribution in [-0.4, -0.2) is 20.3 Å². The molecular formula is C20H16N4OS. The SMILES string of the molecule is O=C(Nc1ccc(SCc2cccnc2)cc1)c1cn2ccccc2n1. The number of amides is 1. The van der Waals surface area contributed by atoms with Gasteiger partial charge in [-0.1, -0.05) is 12.1 Å². The number of carbonyl (C=O) groups excluding carboxylic acids is 1. The first-order valence-corrected chi connectivity index (χ1v) is 9.13. The van der Waals surface area contributed by atoms with Crippen LogP contribution in [0, 0.1) is 0 Å². The van der Waals surface area contributed by atoms with Crippen LogP contribution in [0.4, 0.5) is 5.69 Å². The van der Waals surface area contributed by atoms with Gasteiger partial charge in [0.25, 0.3) is 5.91 Å². The zero-order chi connectivity index (χ0) is 17.8. The van der Waals surface area contributed by atoms with Crippen molar-refractivity contribution in [2.75, 3.05) is 5.32 Å². The van der Waals surface area contributed by atoms with E-state index in [9.17, 15) is 4.79 Å². The molecule has 0 atom stereocenters. The summed E-state index contributed by atoms with van der Waals surface area (Å²) in [7, 11) is 0. The maximum Gasteiger partial charge on any atom is 0.275 e. The Labute approximate surface area is 155 Å². The van der Waals surface area contributed by atoms with Crippen molar-refractivity contribution in [1.82, 2.24) is 14.4 Å². The summed E-state index contributed by atoms with van der Waals surface area (Å²) in [6.45, 7) is 0. The minimum Gasteiger partial charge on any atom is -0.321 e. The van der Waals surface area contributed by atoms with Crippen LogP contribution in [0.2, 0.25) is 0 Å². The van der Waals surface area contributed by atoms with Crippen molar-refractivity contribution >= 4 is 29.0 Å². The van der Waals surface area contributed by atoms with Crippen molar-refractivity contribution in [1.29, 1.82) is 0 Å². The standard InChI is InChI=1S/C20H16N4OS/c25-20(18-13-24-11-2-1-5-19(24)23-18)22-16-6-8-17(9-7-16)26-14-15-4-3-10-21-12-15/h1-13H,14H2,(H,22,25). The number of thioether (sulfide) groups is 1. The van der Waals surface area contributed by atoms with Gasteiger partial charge in [-0.2, -0.15) is 0 Å². The molecule has 26 heavy (non-hydrogen) atoms. The first kappa shape index (κ1) is 16.4. The molecule has 3 heterocycles. The Hall–Kier alpha value is -3.12. The van der Waals surface area contributed by atoms with Gasteiger partial charge < -0.3 is 9.72 Å². The van der Waals surface area contributed by atoms with E-state index in [0.717, 1.165) is 22.0 Å². The first-order chi connectivity index (χ1) is 12.8. The number of hydrogen-bond donors (Lipinski definition) is 1. The highest BCUT2D eigenvalue weighted by molar-refractivity contribution is 7.98. The van der Waals surface area contributed by atoms with Crippen molar-refractivity contribution < 1.29 is 4.79 Å². The molecule has 0 saturated heterocycles. The van der Waals surface area contributed by atoms with E-state index in [1.54, 1.807) is 24.2 Å². The second-order valence-electron chi connectivity index (χ2n) is 5.72. The molecule has 128 valence electrons. The highest BCUT2D eigenvalue weighted by Crippen LogP contribution is 2.24. The lowest BCUT2D eigenvalue weighted by Crippen LogP contribution is -2.12. The van der Waals surface area contributed by atoms with E-state index < -0.39 is 0 Å². The van der Waals surface area contributed by atoms with Gasteiger partial charge in [-0.25, -0.2) is 4.98 Å². The lowest BCUT2D eigenvalue weighted by molar-refractivity contribution is 0.102. The minimum atomic E-state index is -0.218. The molecule has 0 fully saturated rings. The zero-order valence-corrected chi connectivity index (χ0v) is 14.7. The summed E-state index contributed by atoms with van der Waals surface area (Å²) in [5.74, 6) is 0.644. The molecule has 1 N–H and O–H groups in total. The number of nitrogens with zero attached hydrogens (tertiary/aromatic N) is 3. The van der Waals surface area contributed by atoms with Crippen molar-refractivity contribution in [2.24, 2.45) is 0 Å². The number of carbonyl (C=O) groups is 1. The molecule has 0 spiro atoms.